The van der Waals surface area contributed by atoms with Gasteiger partial charge in [-0.2, -0.15) is 10.5 Å². The molecule has 2 aliphatic heterocycles. The maximum Gasteiger partial charge on any atom is 0.509 e. The number of nitrogens with one attached hydrogen (secondary N) is 1. The van der Waals surface area contributed by atoms with Crippen LogP contribution in [-0.4, -0.2) is 51.7 Å². The number of hydrogen-bond donors (Lipinski definition) is 2. The van der Waals surface area contributed by atoms with Gasteiger partial charge >= 0.3 is 17.8 Å². The van der Waals surface area contributed by atoms with Crippen molar-refractivity contribution in [3.63, 3.8) is 0 Å². The van der Waals surface area contributed by atoms with Crippen LogP contribution >= 0.6 is 0 Å². The fourth-order valence-corrected chi connectivity index (χ4v) is 2.49. The summed E-state index contributed by atoms with van der Waals surface area (Å²) in [5.74, 6) is 3.63. The number of anilines is 1. The minimum atomic E-state index is -1.00. The summed E-state index contributed by atoms with van der Waals surface area (Å²) in [5.41, 5.74) is 1.44. The van der Waals surface area contributed by atoms with Crippen molar-refractivity contribution in [2.45, 2.75) is 31.5 Å². The molecule has 0 radical (unpaired) electrons. The van der Waals surface area contributed by atoms with Crippen molar-refractivity contribution < 1.29 is 33.7 Å². The highest BCUT2D eigenvalue weighted by atomic mass is 16.8. The van der Waals surface area contributed by atoms with Crippen molar-refractivity contribution >= 4 is 17.9 Å². The van der Waals surface area contributed by atoms with E-state index in [9.17, 15) is 19.5 Å². The Bertz CT molecular complexity index is 810. The summed E-state index contributed by atoms with van der Waals surface area (Å²) >= 11 is 0. The molecule has 0 spiro atoms. The first-order valence-electron chi connectivity index (χ1n) is 7.16. The maximum atomic E-state index is 12.2. The summed E-state index contributed by atoms with van der Waals surface area (Å²) in [6.45, 7) is 1.05. The molecule has 0 aliphatic carbocycles. The lowest BCUT2D eigenvalue weighted by Crippen LogP contribution is -2.34. The first-order valence-corrected chi connectivity index (χ1v) is 7.16. The predicted molar refractivity (Wildman–Crippen MR) is 77.8 cm³/mol. The van der Waals surface area contributed by atoms with Gasteiger partial charge in [-0.25, -0.2) is 14.4 Å². The number of aromatic nitrogens is 2. The van der Waals surface area contributed by atoms with Crippen LogP contribution in [0.25, 0.3) is 0 Å². The third-order valence-corrected chi connectivity index (χ3v) is 3.51. The number of carbonyl (C=O) groups excluding carboxylic acids is 2. The van der Waals surface area contributed by atoms with Crippen LogP contribution < -0.4 is 11.2 Å². The van der Waals surface area contributed by atoms with Crippen LogP contribution in [0.4, 0.5) is 10.6 Å². The second kappa shape index (κ2) is 6.80. The molecule has 25 heavy (non-hydrogen) atoms. The van der Waals surface area contributed by atoms with E-state index in [0.717, 1.165) is 4.57 Å². The smallest absolute Gasteiger partial charge is 0.424 e. The molecular weight excluding hydrogens is 338 g/mol. The van der Waals surface area contributed by atoms with Crippen LogP contribution in [0.5, 0.6) is 0 Å². The van der Waals surface area contributed by atoms with Crippen LogP contribution in [0, 0.1) is 11.8 Å². The fraction of sp³-hybridized carbons (Fsp3) is 0.429. The molecule has 11 nitrogen and oxygen atoms in total. The van der Waals surface area contributed by atoms with Crippen molar-refractivity contribution in [1.82, 2.24) is 9.55 Å². The Hall–Kier alpha value is -3.10. The van der Waals surface area contributed by atoms with Gasteiger partial charge in [0.15, 0.2) is 24.3 Å². The molecule has 0 bridgehead atoms. The summed E-state index contributed by atoms with van der Waals surface area (Å²) in [6, 6.07) is 1.34. The highest BCUT2D eigenvalue weighted by Crippen LogP contribution is 2.36. The van der Waals surface area contributed by atoms with Gasteiger partial charge in [0.25, 0.3) is 0 Å². The highest BCUT2D eigenvalue weighted by molar-refractivity contribution is 5.88. The SMILES string of the molecule is CC#CC(=O)ONc1ccn([C@@H]2O[C@H](CO)[C@H]3OC(=O)O[C@H]32)c(=O)n1. The van der Waals surface area contributed by atoms with Gasteiger partial charge in [0.1, 0.15) is 6.10 Å². The third-order valence-electron chi connectivity index (χ3n) is 3.51. The van der Waals surface area contributed by atoms with E-state index in [2.05, 4.69) is 27.1 Å². The van der Waals surface area contributed by atoms with E-state index in [-0.39, 0.29) is 5.82 Å². The molecule has 0 unspecified atom stereocenters. The topological polar surface area (TPSA) is 138 Å². The highest BCUT2D eigenvalue weighted by Gasteiger charge is 2.55. The van der Waals surface area contributed by atoms with Gasteiger partial charge in [0, 0.05) is 18.2 Å². The summed E-state index contributed by atoms with van der Waals surface area (Å²) in [6.07, 6.45) is -3.12. The molecule has 3 heterocycles. The largest absolute Gasteiger partial charge is 0.509 e. The zero-order valence-corrected chi connectivity index (χ0v) is 12.9. The first-order chi connectivity index (χ1) is 12.0. The Labute approximate surface area is 140 Å². The Morgan fingerprint density at radius 2 is 2.20 bits per heavy atom. The van der Waals surface area contributed by atoms with Gasteiger partial charge in [-0.3, -0.25) is 4.57 Å². The van der Waals surface area contributed by atoms with E-state index >= 15 is 0 Å². The summed E-state index contributed by atoms with van der Waals surface area (Å²) in [7, 11) is 0. The molecule has 11 heteroatoms. The van der Waals surface area contributed by atoms with Gasteiger partial charge in [-0.05, 0) is 6.92 Å². The number of aliphatic hydroxyl groups excluding tert-OH is 1. The van der Waals surface area contributed by atoms with Crippen LogP contribution in [0.2, 0.25) is 0 Å². The number of rotatable bonds is 4. The first kappa shape index (κ1) is 16.7. The van der Waals surface area contributed by atoms with Crippen LogP contribution in [0.1, 0.15) is 13.2 Å². The molecule has 0 saturated carbocycles. The van der Waals surface area contributed by atoms with Crippen molar-refractivity contribution in [3.05, 3.63) is 22.7 Å². The minimum absolute atomic E-state index is 0.0274. The van der Waals surface area contributed by atoms with Crippen LogP contribution in [0.15, 0.2) is 17.1 Å². The number of carbonyl (C=O) groups is 2. The average molecular weight is 351 g/mol. The molecule has 1 aromatic rings. The van der Waals surface area contributed by atoms with Gasteiger partial charge in [0.2, 0.25) is 0 Å². The predicted octanol–water partition coefficient (Wildman–Crippen LogP) is -1.07. The minimum Gasteiger partial charge on any atom is -0.424 e. The molecule has 4 atom stereocenters. The molecular formula is C14H13N3O8. The fourth-order valence-electron chi connectivity index (χ4n) is 2.49. The summed E-state index contributed by atoms with van der Waals surface area (Å²) in [5, 5.41) is 9.30. The van der Waals surface area contributed by atoms with Crippen molar-refractivity contribution in [2.24, 2.45) is 0 Å². The molecule has 0 aromatic carbocycles. The average Bonchev–Trinajstić information content (AvgIpc) is 3.11. The number of aliphatic hydroxyl groups is 1. The molecule has 2 saturated heterocycles. The molecule has 2 N–H and O–H groups in total. The quantitative estimate of drug-likeness (QED) is 0.392. The Kier molecular flexibility index (Phi) is 4.55. The van der Waals surface area contributed by atoms with Crippen LogP contribution in [0.3, 0.4) is 0 Å². The summed E-state index contributed by atoms with van der Waals surface area (Å²) < 4.78 is 16.5. The van der Waals surface area contributed by atoms with Crippen molar-refractivity contribution in [1.29, 1.82) is 0 Å². The number of nitrogens with zero attached hydrogens (tertiary/aromatic N) is 2. The van der Waals surface area contributed by atoms with Gasteiger partial charge < -0.3 is 24.2 Å². The van der Waals surface area contributed by atoms with E-state index < -0.39 is 49.0 Å². The molecule has 2 aliphatic rings. The lowest BCUT2D eigenvalue weighted by molar-refractivity contribution is -0.133. The number of ether oxygens (including phenoxy) is 3. The van der Waals surface area contributed by atoms with E-state index in [1.54, 1.807) is 0 Å². The molecule has 2 fully saturated rings. The van der Waals surface area contributed by atoms with E-state index in [1.807, 2.05) is 0 Å². The van der Waals surface area contributed by atoms with Crippen molar-refractivity contribution in [2.75, 3.05) is 12.1 Å². The lowest BCUT2D eigenvalue weighted by Gasteiger charge is -2.17. The lowest BCUT2D eigenvalue weighted by atomic mass is 10.1. The second-order valence-electron chi connectivity index (χ2n) is 5.03. The normalized spacial score (nSPS) is 26.7. The molecule has 1 aromatic heterocycles. The van der Waals surface area contributed by atoms with Gasteiger partial charge in [0.05, 0.1) is 6.61 Å². The number of fused-ring (bicyclic) bond motifs is 1. The van der Waals surface area contributed by atoms with E-state index in [0.29, 0.717) is 0 Å². The summed E-state index contributed by atoms with van der Waals surface area (Å²) in [4.78, 5) is 42.9. The Morgan fingerprint density at radius 1 is 1.44 bits per heavy atom. The van der Waals surface area contributed by atoms with Gasteiger partial charge in [-0.15, -0.1) is 0 Å². The van der Waals surface area contributed by atoms with E-state index in [4.69, 9.17) is 14.2 Å². The third kappa shape index (κ3) is 3.25. The Morgan fingerprint density at radius 3 is 2.88 bits per heavy atom. The van der Waals surface area contributed by atoms with E-state index in [1.165, 1.54) is 19.2 Å². The maximum absolute atomic E-state index is 12.2. The second-order valence-corrected chi connectivity index (χ2v) is 5.03. The standard InChI is InChI=1S/C14H13N3O8/c1-2-3-9(19)25-16-8-4-5-17(13(20)15-8)12-11-10(7(6-18)22-12)23-14(21)24-11/h4-5,7,10-12,18H,6H2,1H3,(H,15,16,20)/t7-,10-,11-,12-/m1/s1. The van der Waals surface area contributed by atoms with Crippen molar-refractivity contribution in [3.8, 4) is 11.8 Å². The zero-order valence-electron chi connectivity index (χ0n) is 12.9. The molecule has 0 amide bonds. The molecule has 3 rings (SSSR count). The monoisotopic (exact) mass is 351 g/mol. The number of hydrogen-bond acceptors (Lipinski definition) is 10. The van der Waals surface area contributed by atoms with Crippen LogP contribution in [-0.2, 0) is 23.8 Å². The Balaban J connectivity index is 1.77. The van der Waals surface area contributed by atoms with Gasteiger partial charge in [-0.1, -0.05) is 5.92 Å². The molecule has 132 valence electrons. The zero-order chi connectivity index (χ0) is 18.0.